The highest BCUT2D eigenvalue weighted by atomic mass is 32.2. The van der Waals surface area contributed by atoms with E-state index in [-0.39, 0.29) is 5.91 Å². The number of aromatic nitrogens is 5. The number of amides is 1. The van der Waals surface area contributed by atoms with E-state index in [1.54, 1.807) is 41.4 Å². The van der Waals surface area contributed by atoms with E-state index >= 15 is 0 Å². The van der Waals surface area contributed by atoms with Crippen LogP contribution in [0.25, 0.3) is 16.0 Å². The maximum absolute atomic E-state index is 12.6. The molecule has 152 valence electrons. The van der Waals surface area contributed by atoms with Crippen LogP contribution in [0, 0.1) is 6.92 Å². The van der Waals surface area contributed by atoms with Crippen molar-refractivity contribution in [3.05, 3.63) is 59.5 Å². The van der Waals surface area contributed by atoms with Crippen molar-refractivity contribution < 1.29 is 4.79 Å². The number of aryl methyl sites for hydroxylation is 1. The number of hydrogen-bond donors (Lipinski definition) is 2. The highest BCUT2D eigenvalue weighted by Crippen LogP contribution is 2.34. The second kappa shape index (κ2) is 8.04. The first-order chi connectivity index (χ1) is 14.7. The van der Waals surface area contributed by atoms with Crippen LogP contribution in [0.4, 0.5) is 5.69 Å². The van der Waals surface area contributed by atoms with Gasteiger partial charge in [-0.2, -0.15) is 5.10 Å². The Morgan fingerprint density at radius 1 is 1.30 bits per heavy atom. The third kappa shape index (κ3) is 4.14. The minimum absolute atomic E-state index is 0.219. The minimum Gasteiger partial charge on any atom is -0.344 e. The number of nitrogens with zero attached hydrogens (tertiary/aromatic N) is 5. The lowest BCUT2D eigenvalue weighted by Crippen LogP contribution is -2.23. The van der Waals surface area contributed by atoms with Gasteiger partial charge in [0, 0.05) is 35.1 Å². The van der Waals surface area contributed by atoms with Gasteiger partial charge in [0.2, 0.25) is 0 Å². The fourth-order valence-corrected chi connectivity index (χ4v) is 4.61. The zero-order valence-electron chi connectivity index (χ0n) is 16.2. The van der Waals surface area contributed by atoms with E-state index in [0.29, 0.717) is 16.8 Å². The van der Waals surface area contributed by atoms with Crippen molar-refractivity contribution in [1.82, 2.24) is 29.9 Å². The summed E-state index contributed by atoms with van der Waals surface area (Å²) in [6.07, 6.45) is 9.43. The van der Waals surface area contributed by atoms with Crippen molar-refractivity contribution in [2.24, 2.45) is 0 Å². The molecule has 0 saturated heterocycles. The van der Waals surface area contributed by atoms with E-state index in [1.807, 2.05) is 25.1 Å². The number of thiazole rings is 1. The number of anilines is 1. The topological polar surface area (TPSA) is 97.1 Å². The second-order valence-electron chi connectivity index (χ2n) is 7.09. The van der Waals surface area contributed by atoms with Gasteiger partial charge in [-0.25, -0.2) is 14.5 Å². The van der Waals surface area contributed by atoms with Gasteiger partial charge in [-0.05, 0) is 49.9 Å². The highest BCUT2D eigenvalue weighted by Gasteiger charge is 2.22. The lowest BCUT2D eigenvalue weighted by Gasteiger charge is -2.07. The summed E-state index contributed by atoms with van der Waals surface area (Å²) in [7, 11) is 0. The fraction of sp³-hybridized carbons (Fsp3) is 0.250. The lowest BCUT2D eigenvalue weighted by atomic mass is 10.2. The van der Waals surface area contributed by atoms with Crippen LogP contribution in [0.3, 0.4) is 0 Å². The molecule has 0 radical (unpaired) electrons. The van der Waals surface area contributed by atoms with Crippen LogP contribution in [-0.2, 0) is 6.54 Å². The van der Waals surface area contributed by atoms with Crippen molar-refractivity contribution in [2.45, 2.75) is 31.6 Å². The maximum Gasteiger partial charge on any atom is 0.280 e. The molecular weight excluding hydrogens is 418 g/mol. The summed E-state index contributed by atoms with van der Waals surface area (Å²) in [6, 6.07) is 5.88. The van der Waals surface area contributed by atoms with E-state index < -0.39 is 0 Å². The van der Waals surface area contributed by atoms with Gasteiger partial charge in [-0.1, -0.05) is 0 Å². The van der Waals surface area contributed by atoms with Crippen molar-refractivity contribution in [3.8, 4) is 10.4 Å². The molecule has 1 amide bonds. The number of nitrogens with one attached hydrogen (secondary N) is 2. The predicted molar refractivity (Wildman–Crippen MR) is 118 cm³/mol. The summed E-state index contributed by atoms with van der Waals surface area (Å²) in [5.41, 5.74) is 4.55. The predicted octanol–water partition coefficient (Wildman–Crippen LogP) is 3.71. The largest absolute Gasteiger partial charge is 0.344 e. The number of carbonyl (C=O) groups is 1. The van der Waals surface area contributed by atoms with Gasteiger partial charge in [0.1, 0.15) is 6.33 Å². The average molecular weight is 438 g/mol. The molecule has 0 atom stereocenters. The quantitative estimate of drug-likeness (QED) is 0.425. The van der Waals surface area contributed by atoms with Crippen molar-refractivity contribution >= 4 is 40.4 Å². The smallest absolute Gasteiger partial charge is 0.280 e. The van der Waals surface area contributed by atoms with Gasteiger partial charge in [-0.15, -0.1) is 11.3 Å². The van der Waals surface area contributed by atoms with Crippen molar-refractivity contribution in [3.63, 3.8) is 0 Å². The van der Waals surface area contributed by atoms with Crippen LogP contribution in [0.15, 0.2) is 43.1 Å². The maximum atomic E-state index is 12.6. The van der Waals surface area contributed by atoms with E-state index in [9.17, 15) is 4.79 Å². The molecule has 4 heterocycles. The monoisotopic (exact) mass is 437 g/mol. The van der Waals surface area contributed by atoms with Gasteiger partial charge >= 0.3 is 0 Å². The molecule has 2 N–H and O–H groups in total. The Hall–Kier alpha value is -2.98. The van der Waals surface area contributed by atoms with E-state index in [2.05, 4.69) is 30.1 Å². The van der Waals surface area contributed by atoms with Crippen LogP contribution < -0.4 is 10.0 Å². The number of pyridine rings is 1. The molecule has 4 aromatic rings. The van der Waals surface area contributed by atoms with Gasteiger partial charge in [0.25, 0.3) is 5.91 Å². The molecule has 0 aromatic carbocycles. The lowest BCUT2D eigenvalue weighted by molar-refractivity contribution is 0.0950. The van der Waals surface area contributed by atoms with Crippen LogP contribution in [0.2, 0.25) is 0 Å². The van der Waals surface area contributed by atoms with Gasteiger partial charge in [-0.3, -0.25) is 9.78 Å². The SMILES string of the molecule is Cc1cc2c(-c3cnc(C(=O)NCc4cc(NSC5CC5)ccn4)s3)cncn2n1. The summed E-state index contributed by atoms with van der Waals surface area (Å²) in [6.45, 7) is 2.28. The molecule has 4 aromatic heterocycles. The number of rotatable bonds is 7. The summed E-state index contributed by atoms with van der Waals surface area (Å²) < 4.78 is 5.08. The number of hydrogen-bond acceptors (Lipinski definition) is 8. The van der Waals surface area contributed by atoms with Crippen LogP contribution in [0.5, 0.6) is 0 Å². The first-order valence-electron chi connectivity index (χ1n) is 9.57. The highest BCUT2D eigenvalue weighted by molar-refractivity contribution is 8.01. The molecule has 8 nitrogen and oxygen atoms in total. The Morgan fingerprint density at radius 2 is 2.20 bits per heavy atom. The Morgan fingerprint density at radius 3 is 3.07 bits per heavy atom. The standard InChI is InChI=1S/C20H19N7OS2/c1-12-6-17-16(9-21-11-27(17)25-12)18-10-24-20(29-18)19(28)23-8-14-7-13(4-5-22-14)26-30-15-2-3-15/h4-7,9-11,15H,2-3,8H2,1H3,(H,22,26)(H,23,28). The summed E-state index contributed by atoms with van der Waals surface area (Å²) in [5, 5.41) is 8.41. The zero-order valence-corrected chi connectivity index (χ0v) is 17.8. The van der Waals surface area contributed by atoms with Crippen molar-refractivity contribution in [2.75, 3.05) is 4.72 Å². The third-order valence-electron chi connectivity index (χ3n) is 4.59. The fourth-order valence-electron chi connectivity index (χ4n) is 2.96. The van der Waals surface area contributed by atoms with Gasteiger partial charge in [0.15, 0.2) is 5.01 Å². The normalized spacial score (nSPS) is 13.5. The molecular formula is C20H19N7OS2. The summed E-state index contributed by atoms with van der Waals surface area (Å²) in [4.78, 5) is 26.3. The van der Waals surface area contributed by atoms with Crippen LogP contribution >= 0.6 is 23.3 Å². The van der Waals surface area contributed by atoms with E-state index in [0.717, 1.165) is 33.0 Å². The van der Waals surface area contributed by atoms with Gasteiger partial charge in [0.05, 0.1) is 28.3 Å². The average Bonchev–Trinajstić information content (AvgIpc) is 3.30. The Kier molecular flexibility index (Phi) is 5.09. The minimum atomic E-state index is -0.219. The first kappa shape index (κ1) is 19.0. The number of fused-ring (bicyclic) bond motifs is 1. The molecule has 30 heavy (non-hydrogen) atoms. The molecule has 1 saturated carbocycles. The van der Waals surface area contributed by atoms with E-state index in [4.69, 9.17) is 0 Å². The first-order valence-corrected chi connectivity index (χ1v) is 11.3. The van der Waals surface area contributed by atoms with Crippen molar-refractivity contribution in [1.29, 1.82) is 0 Å². The number of carbonyl (C=O) groups excluding carboxylic acids is 1. The molecule has 1 fully saturated rings. The van der Waals surface area contributed by atoms with Gasteiger partial charge < -0.3 is 10.0 Å². The summed E-state index contributed by atoms with van der Waals surface area (Å²) in [5.74, 6) is -0.219. The summed E-state index contributed by atoms with van der Waals surface area (Å²) >= 11 is 3.08. The zero-order chi connectivity index (χ0) is 20.5. The molecule has 0 bridgehead atoms. The molecule has 5 rings (SSSR count). The molecule has 1 aliphatic carbocycles. The Labute approximate surface area is 181 Å². The Bertz CT molecular complexity index is 1210. The molecule has 1 aliphatic rings. The molecule has 10 heteroatoms. The Balaban J connectivity index is 1.26. The molecule has 0 unspecified atom stereocenters. The van der Waals surface area contributed by atoms with Crippen LogP contribution in [0.1, 0.15) is 34.0 Å². The van der Waals surface area contributed by atoms with Crippen LogP contribution in [-0.4, -0.2) is 35.7 Å². The molecule has 0 spiro atoms. The second-order valence-corrected chi connectivity index (χ2v) is 9.23. The van der Waals surface area contributed by atoms with E-state index in [1.165, 1.54) is 24.2 Å². The molecule has 0 aliphatic heterocycles. The third-order valence-corrected chi connectivity index (χ3v) is 6.78.